The minimum absolute atomic E-state index is 0.0224. The van der Waals surface area contributed by atoms with Crippen LogP contribution in [-0.4, -0.2) is 57.4 Å². The molecular formula is C19H25ClFNO5. The average Bonchev–Trinajstić information content (AvgIpc) is 2.93. The summed E-state index contributed by atoms with van der Waals surface area (Å²) in [5.41, 5.74) is -2.04. The normalized spacial score (nSPS) is 22.8. The van der Waals surface area contributed by atoms with Crippen molar-refractivity contribution in [1.82, 2.24) is 4.90 Å². The Labute approximate surface area is 162 Å². The Balaban J connectivity index is 2.13. The van der Waals surface area contributed by atoms with Crippen molar-refractivity contribution < 1.29 is 28.9 Å². The first-order valence-electron chi connectivity index (χ1n) is 8.74. The number of likely N-dealkylation sites (tertiary alicyclic amines) is 1. The molecule has 1 amide bonds. The van der Waals surface area contributed by atoms with Gasteiger partial charge in [-0.1, -0.05) is 23.7 Å². The highest BCUT2D eigenvalue weighted by molar-refractivity contribution is 6.30. The molecule has 1 aromatic carbocycles. The average molecular weight is 402 g/mol. The zero-order valence-corrected chi connectivity index (χ0v) is 16.4. The van der Waals surface area contributed by atoms with Gasteiger partial charge in [0.15, 0.2) is 5.78 Å². The Morgan fingerprint density at radius 3 is 2.67 bits per heavy atom. The van der Waals surface area contributed by atoms with E-state index in [1.165, 1.54) is 6.07 Å². The summed E-state index contributed by atoms with van der Waals surface area (Å²) in [6, 6.07) is 3.61. The summed E-state index contributed by atoms with van der Waals surface area (Å²) in [6.45, 7) is 4.28. The van der Waals surface area contributed by atoms with Crippen molar-refractivity contribution in [2.45, 2.75) is 57.3 Å². The zero-order valence-electron chi connectivity index (χ0n) is 15.7. The molecule has 27 heavy (non-hydrogen) atoms. The predicted molar refractivity (Wildman–Crippen MR) is 98.1 cm³/mol. The maximum atomic E-state index is 14.0. The van der Waals surface area contributed by atoms with Crippen molar-refractivity contribution in [3.63, 3.8) is 0 Å². The van der Waals surface area contributed by atoms with Crippen LogP contribution in [0.4, 0.5) is 9.18 Å². The molecule has 0 saturated carbocycles. The number of aryl methyl sites for hydroxylation is 1. The molecule has 2 N–H and O–H groups in total. The zero-order chi connectivity index (χ0) is 20.4. The molecule has 0 aliphatic carbocycles. The van der Waals surface area contributed by atoms with Crippen LogP contribution in [-0.2, 0) is 16.0 Å². The molecule has 0 aromatic heterocycles. The minimum Gasteiger partial charge on any atom is -0.444 e. The van der Waals surface area contributed by atoms with E-state index in [1.807, 2.05) is 0 Å². The number of Topliss-reactive ketones (excluding diaryl/α,β-unsaturated/α-hetero) is 1. The second-order valence-corrected chi connectivity index (χ2v) is 8.30. The smallest absolute Gasteiger partial charge is 0.411 e. The molecular weight excluding hydrogens is 377 g/mol. The van der Waals surface area contributed by atoms with Gasteiger partial charge in [0.05, 0.1) is 24.2 Å². The van der Waals surface area contributed by atoms with Gasteiger partial charge in [0.25, 0.3) is 0 Å². The first kappa shape index (κ1) is 21.6. The first-order chi connectivity index (χ1) is 12.5. The lowest BCUT2D eigenvalue weighted by Gasteiger charge is -2.28. The molecule has 2 rings (SSSR count). The number of ketones is 1. The second-order valence-electron chi connectivity index (χ2n) is 7.89. The number of rotatable bonds is 5. The topological polar surface area (TPSA) is 87.1 Å². The van der Waals surface area contributed by atoms with E-state index in [0.717, 1.165) is 4.90 Å². The fourth-order valence-corrected chi connectivity index (χ4v) is 3.24. The largest absolute Gasteiger partial charge is 0.444 e. The molecule has 1 aliphatic rings. The molecule has 1 heterocycles. The van der Waals surface area contributed by atoms with Crippen LogP contribution in [0.1, 0.15) is 39.2 Å². The summed E-state index contributed by atoms with van der Waals surface area (Å²) in [6.07, 6.45) is -0.761. The van der Waals surface area contributed by atoms with Gasteiger partial charge in [0, 0.05) is 12.8 Å². The van der Waals surface area contributed by atoms with Crippen molar-refractivity contribution >= 4 is 23.5 Å². The molecule has 1 saturated heterocycles. The molecule has 6 nitrogen and oxygen atoms in total. The molecule has 8 heteroatoms. The summed E-state index contributed by atoms with van der Waals surface area (Å²) in [4.78, 5) is 26.3. The summed E-state index contributed by atoms with van der Waals surface area (Å²) in [5, 5.41) is 19.8. The van der Waals surface area contributed by atoms with Gasteiger partial charge in [-0.2, -0.15) is 0 Å². The number of halogens is 2. The third kappa shape index (κ3) is 5.40. The van der Waals surface area contributed by atoms with E-state index >= 15 is 0 Å². The standard InChI is InChI=1S/C19H25ClFNO5/c1-18(2,3)27-17(25)22-10-19(26,11-23)9-14(22)15(24)8-7-12-5-4-6-13(20)16(12)21/h4-6,14,23,26H,7-11H2,1-3H3/t14-,19-/m0/s1. The fraction of sp³-hybridized carbons (Fsp3) is 0.579. The SMILES string of the molecule is CC(C)(C)OC(=O)N1C[C@](O)(CO)C[C@H]1C(=O)CCc1cccc(Cl)c1F. The Morgan fingerprint density at radius 2 is 2.07 bits per heavy atom. The molecule has 0 spiro atoms. The minimum atomic E-state index is -1.57. The molecule has 1 aromatic rings. The van der Waals surface area contributed by atoms with Gasteiger partial charge in [0.2, 0.25) is 0 Å². The van der Waals surface area contributed by atoms with Gasteiger partial charge >= 0.3 is 6.09 Å². The monoisotopic (exact) mass is 401 g/mol. The van der Waals surface area contributed by atoms with Crippen molar-refractivity contribution in [3.8, 4) is 0 Å². The lowest BCUT2D eigenvalue weighted by atomic mass is 9.96. The maximum absolute atomic E-state index is 14.0. The number of carbonyl (C=O) groups excluding carboxylic acids is 2. The highest BCUT2D eigenvalue weighted by atomic mass is 35.5. The number of aliphatic hydroxyl groups excluding tert-OH is 1. The van der Waals surface area contributed by atoms with Crippen LogP contribution in [0.15, 0.2) is 18.2 Å². The van der Waals surface area contributed by atoms with Gasteiger partial charge < -0.3 is 14.9 Å². The number of hydrogen-bond donors (Lipinski definition) is 2. The third-order valence-corrected chi connectivity index (χ3v) is 4.67. The van der Waals surface area contributed by atoms with Gasteiger partial charge in [-0.25, -0.2) is 9.18 Å². The van der Waals surface area contributed by atoms with E-state index in [-0.39, 0.29) is 36.6 Å². The van der Waals surface area contributed by atoms with Gasteiger partial charge in [-0.05, 0) is 38.8 Å². The number of hydrogen-bond acceptors (Lipinski definition) is 5. The molecule has 1 aliphatic heterocycles. The van der Waals surface area contributed by atoms with Crippen LogP contribution < -0.4 is 0 Å². The van der Waals surface area contributed by atoms with Crippen molar-refractivity contribution in [2.75, 3.05) is 13.2 Å². The lowest BCUT2D eigenvalue weighted by Crippen LogP contribution is -2.44. The quantitative estimate of drug-likeness (QED) is 0.792. The van der Waals surface area contributed by atoms with E-state index in [4.69, 9.17) is 16.3 Å². The highest BCUT2D eigenvalue weighted by Gasteiger charge is 2.48. The Bertz CT molecular complexity index is 721. The van der Waals surface area contributed by atoms with Crippen molar-refractivity contribution in [3.05, 3.63) is 34.6 Å². The Kier molecular flexibility index (Phi) is 6.50. The van der Waals surface area contributed by atoms with E-state index < -0.39 is 35.8 Å². The van der Waals surface area contributed by atoms with Crippen LogP contribution in [0.3, 0.4) is 0 Å². The van der Waals surface area contributed by atoms with Gasteiger partial charge in [0.1, 0.15) is 17.0 Å². The van der Waals surface area contributed by atoms with E-state index in [9.17, 15) is 24.2 Å². The van der Waals surface area contributed by atoms with Crippen LogP contribution >= 0.6 is 11.6 Å². The predicted octanol–water partition coefficient (Wildman–Crippen LogP) is 2.71. The van der Waals surface area contributed by atoms with Gasteiger partial charge in [-0.15, -0.1) is 0 Å². The van der Waals surface area contributed by atoms with Crippen molar-refractivity contribution in [2.24, 2.45) is 0 Å². The maximum Gasteiger partial charge on any atom is 0.411 e. The van der Waals surface area contributed by atoms with Crippen LogP contribution in [0, 0.1) is 5.82 Å². The molecule has 150 valence electrons. The number of nitrogens with zero attached hydrogens (tertiary/aromatic N) is 1. The molecule has 0 radical (unpaired) electrons. The molecule has 0 unspecified atom stereocenters. The number of β-amino-alcohol motifs (C(OH)–C–C–N with tert-alkyl or cyclic N) is 1. The molecule has 1 fully saturated rings. The van der Waals surface area contributed by atoms with Gasteiger partial charge in [-0.3, -0.25) is 9.69 Å². The number of aliphatic hydroxyl groups is 2. The third-order valence-electron chi connectivity index (χ3n) is 4.38. The number of amides is 1. The van der Waals surface area contributed by atoms with E-state index in [1.54, 1.807) is 32.9 Å². The summed E-state index contributed by atoms with van der Waals surface area (Å²) >= 11 is 5.75. The number of benzene rings is 1. The van der Waals surface area contributed by atoms with Crippen LogP contribution in [0.5, 0.6) is 0 Å². The Morgan fingerprint density at radius 1 is 1.41 bits per heavy atom. The van der Waals surface area contributed by atoms with E-state index in [0.29, 0.717) is 5.56 Å². The highest BCUT2D eigenvalue weighted by Crippen LogP contribution is 2.30. The summed E-state index contributed by atoms with van der Waals surface area (Å²) in [5.74, 6) is -0.918. The summed E-state index contributed by atoms with van der Waals surface area (Å²) in [7, 11) is 0. The van der Waals surface area contributed by atoms with Crippen LogP contribution in [0.25, 0.3) is 0 Å². The fourth-order valence-electron chi connectivity index (χ4n) is 3.04. The lowest BCUT2D eigenvalue weighted by molar-refractivity contribution is -0.123. The van der Waals surface area contributed by atoms with Crippen LogP contribution in [0.2, 0.25) is 5.02 Å². The molecule has 0 bridgehead atoms. The molecule has 2 atom stereocenters. The Hall–Kier alpha value is -1.70. The van der Waals surface area contributed by atoms with E-state index in [2.05, 4.69) is 0 Å². The second kappa shape index (κ2) is 8.12. The first-order valence-corrected chi connectivity index (χ1v) is 9.12. The summed E-state index contributed by atoms with van der Waals surface area (Å²) < 4.78 is 19.3. The number of carbonyl (C=O) groups is 2. The van der Waals surface area contributed by atoms with Crippen molar-refractivity contribution in [1.29, 1.82) is 0 Å². The number of ether oxygens (including phenoxy) is 1.